The van der Waals surface area contributed by atoms with Gasteiger partial charge in [-0.15, -0.1) is 0 Å². The SMILES string of the molecule is CCOC(=O)c1cccc(N[C@@H](C)C(=O)NC(=O)Cc2cc(F)cc(F)c2)c1. The topological polar surface area (TPSA) is 84.5 Å². The van der Waals surface area contributed by atoms with Crippen LogP contribution in [0, 0.1) is 11.6 Å². The largest absolute Gasteiger partial charge is 0.462 e. The van der Waals surface area contributed by atoms with Gasteiger partial charge in [0.1, 0.15) is 17.7 Å². The molecule has 2 aromatic carbocycles. The monoisotopic (exact) mass is 390 g/mol. The summed E-state index contributed by atoms with van der Waals surface area (Å²) in [5, 5.41) is 5.04. The number of rotatable bonds is 7. The van der Waals surface area contributed by atoms with E-state index in [2.05, 4.69) is 10.6 Å². The first kappa shape index (κ1) is 21.0. The number of anilines is 1. The number of benzene rings is 2. The molecule has 2 amide bonds. The van der Waals surface area contributed by atoms with E-state index in [1.807, 2.05) is 0 Å². The number of esters is 1. The maximum atomic E-state index is 13.2. The number of halogens is 2. The predicted octanol–water partition coefficient (Wildman–Crippen LogP) is 2.83. The smallest absolute Gasteiger partial charge is 0.338 e. The molecule has 0 heterocycles. The van der Waals surface area contributed by atoms with Crippen molar-refractivity contribution in [3.63, 3.8) is 0 Å². The van der Waals surface area contributed by atoms with E-state index in [1.165, 1.54) is 13.0 Å². The quantitative estimate of drug-likeness (QED) is 0.711. The summed E-state index contributed by atoms with van der Waals surface area (Å²) in [5.41, 5.74) is 0.932. The average Bonchev–Trinajstić information content (AvgIpc) is 2.61. The maximum absolute atomic E-state index is 13.2. The van der Waals surface area contributed by atoms with Gasteiger partial charge in [0, 0.05) is 11.8 Å². The molecule has 2 aromatic rings. The van der Waals surface area contributed by atoms with Crippen molar-refractivity contribution in [1.82, 2.24) is 5.32 Å². The van der Waals surface area contributed by atoms with Gasteiger partial charge in [-0.25, -0.2) is 13.6 Å². The molecule has 8 heteroatoms. The maximum Gasteiger partial charge on any atom is 0.338 e. The van der Waals surface area contributed by atoms with E-state index < -0.39 is 35.5 Å². The molecule has 0 aliphatic rings. The zero-order valence-electron chi connectivity index (χ0n) is 15.4. The molecule has 6 nitrogen and oxygen atoms in total. The van der Waals surface area contributed by atoms with Gasteiger partial charge in [0.25, 0.3) is 0 Å². The van der Waals surface area contributed by atoms with Crippen LogP contribution in [0.2, 0.25) is 0 Å². The Bertz CT molecular complexity index is 866. The van der Waals surface area contributed by atoms with E-state index in [9.17, 15) is 23.2 Å². The van der Waals surface area contributed by atoms with E-state index in [-0.39, 0.29) is 18.6 Å². The predicted molar refractivity (Wildman–Crippen MR) is 98.7 cm³/mol. The minimum Gasteiger partial charge on any atom is -0.462 e. The molecule has 0 spiro atoms. The first-order chi connectivity index (χ1) is 13.3. The van der Waals surface area contributed by atoms with Crippen molar-refractivity contribution in [1.29, 1.82) is 0 Å². The minimum atomic E-state index is -0.800. The first-order valence-corrected chi connectivity index (χ1v) is 8.61. The van der Waals surface area contributed by atoms with E-state index >= 15 is 0 Å². The molecule has 1 atom stereocenters. The van der Waals surface area contributed by atoms with Crippen LogP contribution in [0.1, 0.15) is 29.8 Å². The van der Waals surface area contributed by atoms with E-state index in [0.717, 1.165) is 12.1 Å². The molecule has 0 saturated carbocycles. The summed E-state index contributed by atoms with van der Waals surface area (Å²) >= 11 is 0. The van der Waals surface area contributed by atoms with Crippen molar-refractivity contribution in [2.24, 2.45) is 0 Å². The summed E-state index contributed by atoms with van der Waals surface area (Å²) in [6.07, 6.45) is -0.342. The molecular formula is C20H20F2N2O4. The van der Waals surface area contributed by atoms with Crippen LogP contribution in [0.3, 0.4) is 0 Å². The molecule has 2 N–H and O–H groups in total. The van der Waals surface area contributed by atoms with Crippen LogP contribution in [-0.2, 0) is 20.7 Å². The lowest BCUT2D eigenvalue weighted by Gasteiger charge is -2.15. The van der Waals surface area contributed by atoms with Crippen LogP contribution in [-0.4, -0.2) is 30.4 Å². The number of carbonyl (C=O) groups is 3. The second-order valence-corrected chi connectivity index (χ2v) is 6.03. The lowest BCUT2D eigenvalue weighted by atomic mass is 10.1. The second-order valence-electron chi connectivity index (χ2n) is 6.03. The molecule has 0 bridgehead atoms. The van der Waals surface area contributed by atoms with Crippen molar-refractivity contribution in [3.8, 4) is 0 Å². The summed E-state index contributed by atoms with van der Waals surface area (Å²) in [6, 6.07) is 8.33. The Morgan fingerprint density at radius 1 is 1.07 bits per heavy atom. The van der Waals surface area contributed by atoms with Crippen molar-refractivity contribution in [2.45, 2.75) is 26.3 Å². The van der Waals surface area contributed by atoms with E-state index in [1.54, 1.807) is 25.1 Å². The van der Waals surface area contributed by atoms with Gasteiger partial charge in [0.15, 0.2) is 0 Å². The van der Waals surface area contributed by atoms with Gasteiger partial charge < -0.3 is 10.1 Å². The Hall–Kier alpha value is -3.29. The molecule has 0 aliphatic heterocycles. The Morgan fingerprint density at radius 3 is 2.39 bits per heavy atom. The van der Waals surface area contributed by atoms with Gasteiger partial charge in [0.05, 0.1) is 18.6 Å². The Morgan fingerprint density at radius 2 is 1.75 bits per heavy atom. The van der Waals surface area contributed by atoms with Gasteiger partial charge >= 0.3 is 5.97 Å². The van der Waals surface area contributed by atoms with Crippen LogP contribution < -0.4 is 10.6 Å². The molecule has 0 aliphatic carbocycles. The summed E-state index contributed by atoms with van der Waals surface area (Å²) < 4.78 is 31.3. The third-order valence-corrected chi connectivity index (χ3v) is 3.70. The van der Waals surface area contributed by atoms with Crippen LogP contribution in [0.15, 0.2) is 42.5 Å². The molecule has 0 unspecified atom stereocenters. The van der Waals surface area contributed by atoms with Crippen LogP contribution in [0.25, 0.3) is 0 Å². The number of nitrogens with one attached hydrogen (secondary N) is 2. The highest BCUT2D eigenvalue weighted by Gasteiger charge is 2.17. The number of carbonyl (C=O) groups excluding carboxylic acids is 3. The van der Waals surface area contributed by atoms with Gasteiger partial charge in [-0.3, -0.25) is 14.9 Å². The highest BCUT2D eigenvalue weighted by Crippen LogP contribution is 2.13. The number of hydrogen-bond acceptors (Lipinski definition) is 5. The first-order valence-electron chi connectivity index (χ1n) is 8.61. The summed E-state index contributed by atoms with van der Waals surface area (Å²) in [4.78, 5) is 35.9. The number of hydrogen-bond donors (Lipinski definition) is 2. The molecule has 0 fully saturated rings. The van der Waals surface area contributed by atoms with Gasteiger partial charge in [-0.05, 0) is 49.7 Å². The normalized spacial score (nSPS) is 11.4. The fraction of sp³-hybridized carbons (Fsp3) is 0.250. The third-order valence-electron chi connectivity index (χ3n) is 3.70. The Labute approximate surface area is 160 Å². The molecule has 0 saturated heterocycles. The molecule has 148 valence electrons. The van der Waals surface area contributed by atoms with E-state index in [0.29, 0.717) is 17.3 Å². The van der Waals surface area contributed by atoms with Crippen LogP contribution in [0.4, 0.5) is 14.5 Å². The van der Waals surface area contributed by atoms with Crippen molar-refractivity contribution in [3.05, 3.63) is 65.2 Å². The summed E-state index contributed by atoms with van der Waals surface area (Å²) in [5.74, 6) is -3.40. The van der Waals surface area contributed by atoms with Gasteiger partial charge in [-0.2, -0.15) is 0 Å². The van der Waals surface area contributed by atoms with Crippen molar-refractivity contribution in [2.75, 3.05) is 11.9 Å². The molecule has 0 aromatic heterocycles. The highest BCUT2D eigenvalue weighted by molar-refractivity contribution is 5.99. The fourth-order valence-corrected chi connectivity index (χ4v) is 2.45. The third kappa shape index (κ3) is 6.15. The van der Waals surface area contributed by atoms with Crippen molar-refractivity contribution >= 4 is 23.5 Å². The molecule has 28 heavy (non-hydrogen) atoms. The average molecular weight is 390 g/mol. The summed E-state index contributed by atoms with van der Waals surface area (Å²) in [7, 11) is 0. The second kappa shape index (κ2) is 9.59. The Balaban J connectivity index is 1.94. The number of imide groups is 1. The zero-order valence-corrected chi connectivity index (χ0v) is 15.4. The zero-order chi connectivity index (χ0) is 20.7. The minimum absolute atomic E-state index is 0.116. The van der Waals surface area contributed by atoms with Crippen LogP contribution in [0.5, 0.6) is 0 Å². The lowest BCUT2D eigenvalue weighted by Crippen LogP contribution is -2.41. The Kier molecular flexibility index (Phi) is 7.20. The van der Waals surface area contributed by atoms with Crippen molar-refractivity contribution < 1.29 is 27.9 Å². The lowest BCUT2D eigenvalue weighted by molar-refractivity contribution is -0.130. The fourth-order valence-electron chi connectivity index (χ4n) is 2.45. The summed E-state index contributed by atoms with van der Waals surface area (Å²) in [6.45, 7) is 3.47. The van der Waals surface area contributed by atoms with Gasteiger partial charge in [0.2, 0.25) is 11.8 Å². The van der Waals surface area contributed by atoms with E-state index in [4.69, 9.17) is 4.74 Å². The molecule has 2 rings (SSSR count). The standard InChI is InChI=1S/C20H20F2N2O4/c1-3-28-20(27)14-5-4-6-17(10-14)23-12(2)19(26)24-18(25)9-13-7-15(21)11-16(22)8-13/h4-8,10-12,23H,3,9H2,1-2H3,(H,24,25,26)/t12-/m0/s1. The van der Waals surface area contributed by atoms with Crippen LogP contribution >= 0.6 is 0 Å². The molecular weight excluding hydrogens is 370 g/mol. The highest BCUT2D eigenvalue weighted by atomic mass is 19.1. The number of amides is 2. The van der Waals surface area contributed by atoms with Gasteiger partial charge in [-0.1, -0.05) is 6.07 Å². The molecule has 0 radical (unpaired) electrons. The number of ether oxygens (including phenoxy) is 1.